The Hall–Kier alpha value is -6.85. The normalized spacial score (nSPS) is 12.8. The summed E-state index contributed by atoms with van der Waals surface area (Å²) in [7, 11) is 0. The minimum Gasteiger partial charge on any atom is -0.460 e. The molecule has 0 aliphatic heterocycles. The van der Waals surface area contributed by atoms with Gasteiger partial charge < -0.3 is 8.98 Å². The van der Waals surface area contributed by atoms with Gasteiger partial charge in [0.2, 0.25) is 0 Å². The van der Waals surface area contributed by atoms with E-state index in [0.717, 1.165) is 73.9 Å². The van der Waals surface area contributed by atoms with Crippen LogP contribution in [0.1, 0.15) is 17.7 Å². The zero-order chi connectivity index (χ0) is 34.2. The number of aryl methyl sites for hydroxylation is 1. The second kappa shape index (κ2) is 11.3. The lowest BCUT2D eigenvalue weighted by Gasteiger charge is -2.16. The van der Waals surface area contributed by atoms with Gasteiger partial charge in [-0.2, -0.15) is 0 Å². The third-order valence-electron chi connectivity index (χ3n) is 10.5. The Balaban J connectivity index is 1.28. The van der Waals surface area contributed by atoms with E-state index < -0.39 is 0 Å². The van der Waals surface area contributed by atoms with Crippen molar-refractivity contribution in [2.75, 3.05) is 0 Å². The second-order valence-corrected chi connectivity index (χ2v) is 13.5. The van der Waals surface area contributed by atoms with Crippen LogP contribution in [-0.4, -0.2) is 19.5 Å². The van der Waals surface area contributed by atoms with E-state index in [2.05, 4.69) is 144 Å². The lowest BCUT2D eigenvalue weighted by molar-refractivity contribution is 0.546. The highest BCUT2D eigenvalue weighted by molar-refractivity contribution is 6.15. The van der Waals surface area contributed by atoms with Gasteiger partial charge in [-0.05, 0) is 64.4 Å². The molecule has 5 nitrogen and oxygen atoms in total. The van der Waals surface area contributed by atoms with Crippen LogP contribution in [0.25, 0.3) is 100 Å². The first-order chi connectivity index (χ1) is 25.8. The zero-order valence-electron chi connectivity index (χ0n) is 28.1. The molecular formula is C47H30N4O. The molecule has 11 rings (SSSR count). The monoisotopic (exact) mass is 666 g/mol. The maximum Gasteiger partial charge on any atom is 0.166 e. The maximum atomic E-state index is 6.60. The van der Waals surface area contributed by atoms with E-state index in [1.165, 1.54) is 26.9 Å². The van der Waals surface area contributed by atoms with Crippen molar-refractivity contribution in [2.45, 2.75) is 12.8 Å². The number of rotatable bonds is 4. The highest BCUT2D eigenvalue weighted by atomic mass is 16.3. The molecule has 1 aliphatic rings. The van der Waals surface area contributed by atoms with E-state index in [-0.39, 0.29) is 0 Å². The van der Waals surface area contributed by atoms with Crippen LogP contribution in [0.2, 0.25) is 0 Å². The fourth-order valence-electron chi connectivity index (χ4n) is 8.02. The smallest absolute Gasteiger partial charge is 0.166 e. The van der Waals surface area contributed by atoms with Gasteiger partial charge in [-0.1, -0.05) is 121 Å². The van der Waals surface area contributed by atoms with Crippen molar-refractivity contribution in [3.05, 3.63) is 163 Å². The van der Waals surface area contributed by atoms with Crippen molar-refractivity contribution in [1.29, 1.82) is 0 Å². The van der Waals surface area contributed by atoms with Gasteiger partial charge in [-0.15, -0.1) is 0 Å². The molecule has 1 aliphatic carbocycles. The largest absolute Gasteiger partial charge is 0.460 e. The number of aromatic nitrogens is 4. The summed E-state index contributed by atoms with van der Waals surface area (Å²) in [6.07, 6.45) is 6.25. The van der Waals surface area contributed by atoms with E-state index in [4.69, 9.17) is 19.4 Å². The minimum atomic E-state index is 0.604. The molecule has 0 atom stereocenters. The number of allylic oxidation sites excluding steroid dienone is 1. The molecule has 0 bridgehead atoms. The highest BCUT2D eigenvalue weighted by Crippen LogP contribution is 2.44. The summed E-state index contributed by atoms with van der Waals surface area (Å²) in [6, 6.07) is 51.2. The first kappa shape index (κ1) is 28.9. The summed E-state index contributed by atoms with van der Waals surface area (Å²) in [5.41, 5.74) is 7.95. The molecule has 244 valence electrons. The number of furan rings is 1. The second-order valence-electron chi connectivity index (χ2n) is 13.5. The van der Waals surface area contributed by atoms with Crippen molar-refractivity contribution in [3.63, 3.8) is 0 Å². The summed E-state index contributed by atoms with van der Waals surface area (Å²) >= 11 is 0. The Labute approximate surface area is 299 Å². The molecule has 3 aromatic heterocycles. The van der Waals surface area contributed by atoms with Crippen molar-refractivity contribution in [3.8, 4) is 39.9 Å². The average molecular weight is 667 g/mol. The van der Waals surface area contributed by atoms with Gasteiger partial charge in [0.05, 0.1) is 22.3 Å². The van der Waals surface area contributed by atoms with E-state index in [0.29, 0.717) is 17.5 Å². The van der Waals surface area contributed by atoms with Crippen molar-refractivity contribution in [2.24, 2.45) is 0 Å². The zero-order valence-corrected chi connectivity index (χ0v) is 28.1. The van der Waals surface area contributed by atoms with Crippen LogP contribution in [0.4, 0.5) is 0 Å². The predicted octanol–water partition coefficient (Wildman–Crippen LogP) is 12.0. The molecule has 10 aromatic rings. The number of para-hydroxylation sites is 1. The minimum absolute atomic E-state index is 0.604. The summed E-state index contributed by atoms with van der Waals surface area (Å²) in [4.78, 5) is 15.8. The molecule has 0 radical (unpaired) electrons. The molecular weight excluding hydrogens is 637 g/mol. The molecule has 0 unspecified atom stereocenters. The number of hydrogen-bond acceptors (Lipinski definition) is 4. The van der Waals surface area contributed by atoms with Gasteiger partial charge in [-0.3, -0.25) is 0 Å². The van der Waals surface area contributed by atoms with Crippen LogP contribution in [0, 0.1) is 0 Å². The van der Waals surface area contributed by atoms with Gasteiger partial charge in [-0.25, -0.2) is 15.0 Å². The van der Waals surface area contributed by atoms with Crippen molar-refractivity contribution in [1.82, 2.24) is 19.5 Å². The molecule has 0 saturated heterocycles. The van der Waals surface area contributed by atoms with Gasteiger partial charge in [0.1, 0.15) is 11.3 Å². The number of nitrogens with zero attached hydrogens (tertiary/aromatic N) is 4. The Bertz CT molecular complexity index is 3080. The third-order valence-corrected chi connectivity index (χ3v) is 10.5. The van der Waals surface area contributed by atoms with Crippen molar-refractivity contribution >= 4 is 60.4 Å². The van der Waals surface area contributed by atoms with Crippen LogP contribution in [-0.2, 0) is 6.42 Å². The number of fused-ring (bicyclic) bond motifs is 8. The Morgan fingerprint density at radius 1 is 0.519 bits per heavy atom. The van der Waals surface area contributed by atoms with Crippen LogP contribution in [0.15, 0.2) is 156 Å². The fourth-order valence-corrected chi connectivity index (χ4v) is 8.02. The standard InChI is InChI=1S/C47H30N4O/c1-2-13-30(14-3-1)45-48-46(34-23-22-29-12-4-5-15-31(29)26-34)50-47(49-45)44-39(24-25-42-43(44)36-19-9-11-21-41(36)52-42)51-38-20-10-8-18-35(38)37-27-32-16-6-7-17-33(32)28-40(37)51/h1-10,12-20,22-28H,11,21H2. The molecule has 52 heavy (non-hydrogen) atoms. The van der Waals surface area contributed by atoms with Gasteiger partial charge in [0.25, 0.3) is 0 Å². The Morgan fingerprint density at radius 3 is 2.06 bits per heavy atom. The van der Waals surface area contributed by atoms with Gasteiger partial charge in [0, 0.05) is 39.3 Å². The highest BCUT2D eigenvalue weighted by Gasteiger charge is 2.26. The predicted molar refractivity (Wildman–Crippen MR) is 213 cm³/mol. The van der Waals surface area contributed by atoms with E-state index in [1.807, 2.05) is 18.2 Å². The maximum absolute atomic E-state index is 6.60. The fraction of sp³-hybridized carbons (Fsp3) is 0.0426. The van der Waals surface area contributed by atoms with E-state index in [9.17, 15) is 0 Å². The Kier molecular flexibility index (Phi) is 6.31. The van der Waals surface area contributed by atoms with E-state index in [1.54, 1.807) is 0 Å². The van der Waals surface area contributed by atoms with E-state index >= 15 is 0 Å². The first-order valence-electron chi connectivity index (χ1n) is 17.8. The molecule has 0 spiro atoms. The molecule has 0 saturated carbocycles. The summed E-state index contributed by atoms with van der Waals surface area (Å²) in [5.74, 6) is 2.85. The van der Waals surface area contributed by atoms with Crippen LogP contribution < -0.4 is 0 Å². The lowest BCUT2D eigenvalue weighted by Crippen LogP contribution is -2.04. The number of benzene rings is 7. The van der Waals surface area contributed by atoms with Gasteiger partial charge >= 0.3 is 0 Å². The first-order valence-corrected chi connectivity index (χ1v) is 17.8. The number of hydrogen-bond donors (Lipinski definition) is 0. The summed E-state index contributed by atoms with van der Waals surface area (Å²) in [5, 5.41) is 8.13. The summed E-state index contributed by atoms with van der Waals surface area (Å²) in [6.45, 7) is 0. The molecule has 0 amide bonds. The molecule has 7 aromatic carbocycles. The lowest BCUT2D eigenvalue weighted by atomic mass is 9.97. The van der Waals surface area contributed by atoms with Crippen LogP contribution in [0.3, 0.4) is 0 Å². The quantitative estimate of drug-likeness (QED) is 0.188. The molecule has 3 heterocycles. The van der Waals surface area contributed by atoms with Crippen molar-refractivity contribution < 1.29 is 4.42 Å². The van der Waals surface area contributed by atoms with Crippen LogP contribution >= 0.6 is 0 Å². The van der Waals surface area contributed by atoms with Crippen LogP contribution in [0.5, 0.6) is 0 Å². The average Bonchev–Trinajstić information content (AvgIpc) is 3.75. The molecule has 0 N–H and O–H groups in total. The molecule has 0 fully saturated rings. The summed E-state index contributed by atoms with van der Waals surface area (Å²) < 4.78 is 8.99. The topological polar surface area (TPSA) is 56.7 Å². The van der Waals surface area contributed by atoms with Gasteiger partial charge in [0.15, 0.2) is 17.5 Å². The molecule has 5 heteroatoms. The third kappa shape index (κ3) is 4.46. The SMILES string of the molecule is C1=Cc2c(oc3ccc(-n4c5ccccc5c5cc6ccccc6cc54)c(-c4nc(-c5ccccc5)nc(-c5ccc6ccccc6c5)n4)c23)CC1. The Morgan fingerprint density at radius 2 is 1.21 bits per heavy atom.